The molecule has 1 aromatic rings. The molecule has 2 aliphatic rings. The van der Waals surface area contributed by atoms with Gasteiger partial charge in [-0.15, -0.1) is 0 Å². The fraction of sp³-hybridized carbons (Fsp3) is 0.500. The van der Waals surface area contributed by atoms with Crippen LogP contribution in [-0.4, -0.2) is 25.1 Å². The molecule has 1 amide bonds. The van der Waals surface area contributed by atoms with E-state index in [9.17, 15) is 4.79 Å². The normalized spacial score (nSPS) is 29.7. The average molecular weight is 246 g/mol. The Balaban J connectivity index is 1.69. The van der Waals surface area contributed by atoms with Crippen molar-refractivity contribution in [3.63, 3.8) is 0 Å². The first-order valence-corrected chi connectivity index (χ1v) is 6.51. The summed E-state index contributed by atoms with van der Waals surface area (Å²) in [6.45, 7) is 3.58. The van der Waals surface area contributed by atoms with Gasteiger partial charge < -0.3 is 15.4 Å². The Morgan fingerprint density at radius 1 is 1.44 bits per heavy atom. The number of hydrogen-bond acceptors (Lipinski definition) is 3. The smallest absolute Gasteiger partial charge is 0.238 e. The maximum absolute atomic E-state index is 12.2. The molecule has 2 aliphatic heterocycles. The number of para-hydroxylation sites is 1. The number of hydrogen-bond donors (Lipinski definition) is 2. The quantitative estimate of drug-likeness (QED) is 0.825. The number of rotatable bonds is 2. The number of carbonyl (C=O) groups is 1. The lowest BCUT2D eigenvalue weighted by Gasteiger charge is -2.18. The molecule has 3 atom stereocenters. The molecule has 0 saturated carbocycles. The summed E-state index contributed by atoms with van der Waals surface area (Å²) in [5.41, 5.74) is 1.08. The molecule has 0 radical (unpaired) electrons. The zero-order chi connectivity index (χ0) is 12.5. The molecule has 4 nitrogen and oxygen atoms in total. The van der Waals surface area contributed by atoms with Gasteiger partial charge in [0.05, 0.1) is 12.1 Å². The monoisotopic (exact) mass is 246 g/mol. The van der Waals surface area contributed by atoms with Gasteiger partial charge in [0.1, 0.15) is 12.4 Å². The topological polar surface area (TPSA) is 50.4 Å². The molecule has 96 valence electrons. The molecule has 0 aromatic heterocycles. The Hall–Kier alpha value is -1.55. The zero-order valence-electron chi connectivity index (χ0n) is 10.5. The summed E-state index contributed by atoms with van der Waals surface area (Å²) in [6.07, 6.45) is 1.07. The van der Waals surface area contributed by atoms with Crippen molar-refractivity contribution < 1.29 is 9.53 Å². The summed E-state index contributed by atoms with van der Waals surface area (Å²) in [6, 6.07) is 7.81. The number of amides is 1. The predicted molar refractivity (Wildman–Crippen MR) is 68.4 cm³/mol. The Morgan fingerprint density at radius 2 is 2.28 bits per heavy atom. The lowest BCUT2D eigenvalue weighted by molar-refractivity contribution is -0.124. The molecule has 18 heavy (non-hydrogen) atoms. The van der Waals surface area contributed by atoms with E-state index < -0.39 is 0 Å². The summed E-state index contributed by atoms with van der Waals surface area (Å²) in [4.78, 5) is 12.2. The van der Waals surface area contributed by atoms with E-state index >= 15 is 0 Å². The summed E-state index contributed by atoms with van der Waals surface area (Å²) >= 11 is 0. The van der Waals surface area contributed by atoms with Crippen LogP contribution < -0.4 is 15.4 Å². The van der Waals surface area contributed by atoms with Gasteiger partial charge in [-0.25, -0.2) is 0 Å². The Morgan fingerprint density at radius 3 is 3.06 bits per heavy atom. The van der Waals surface area contributed by atoms with Crippen LogP contribution in [0.4, 0.5) is 0 Å². The maximum Gasteiger partial charge on any atom is 0.238 e. The molecule has 2 heterocycles. The Labute approximate surface area is 107 Å². The van der Waals surface area contributed by atoms with Crippen LogP contribution in [0.1, 0.15) is 24.9 Å². The standard InChI is InChI=1S/C14H18N2O2/c1-9-6-7-15-13(9)14(17)16-11-8-18-12-5-3-2-4-10(11)12/h2-5,9,11,13,15H,6-8H2,1H3,(H,16,17). The molecule has 4 heteroatoms. The summed E-state index contributed by atoms with van der Waals surface area (Å²) < 4.78 is 5.57. The van der Waals surface area contributed by atoms with E-state index in [-0.39, 0.29) is 18.0 Å². The highest BCUT2D eigenvalue weighted by Crippen LogP contribution is 2.31. The minimum absolute atomic E-state index is 0.0108. The largest absolute Gasteiger partial charge is 0.491 e. The Bertz CT molecular complexity index is 461. The third-order valence-electron chi connectivity index (χ3n) is 3.83. The van der Waals surface area contributed by atoms with Crippen LogP contribution in [0.25, 0.3) is 0 Å². The van der Waals surface area contributed by atoms with Crippen LogP contribution in [0, 0.1) is 5.92 Å². The number of nitrogens with one attached hydrogen (secondary N) is 2. The Kier molecular flexibility index (Phi) is 2.96. The molecule has 2 N–H and O–H groups in total. The number of ether oxygens (including phenoxy) is 1. The fourth-order valence-electron chi connectivity index (χ4n) is 2.73. The van der Waals surface area contributed by atoms with E-state index in [2.05, 4.69) is 17.6 Å². The number of carbonyl (C=O) groups excluding carboxylic acids is 1. The average Bonchev–Trinajstić information content (AvgIpc) is 2.97. The van der Waals surface area contributed by atoms with Crippen molar-refractivity contribution in [3.8, 4) is 5.75 Å². The summed E-state index contributed by atoms with van der Waals surface area (Å²) in [5, 5.41) is 6.33. The van der Waals surface area contributed by atoms with Crippen molar-refractivity contribution in [2.45, 2.75) is 25.4 Å². The highest BCUT2D eigenvalue weighted by Gasteiger charge is 2.32. The molecule has 1 aromatic carbocycles. The second kappa shape index (κ2) is 4.61. The van der Waals surface area contributed by atoms with Crippen molar-refractivity contribution in [3.05, 3.63) is 29.8 Å². The zero-order valence-corrected chi connectivity index (χ0v) is 10.5. The van der Waals surface area contributed by atoms with Gasteiger partial charge in [0, 0.05) is 5.56 Å². The van der Waals surface area contributed by atoms with Gasteiger partial charge in [-0.1, -0.05) is 25.1 Å². The molecule has 3 unspecified atom stereocenters. The van der Waals surface area contributed by atoms with E-state index in [0.29, 0.717) is 12.5 Å². The molecule has 0 bridgehead atoms. The molecular weight excluding hydrogens is 228 g/mol. The third kappa shape index (κ3) is 1.97. The second-order valence-electron chi connectivity index (χ2n) is 5.11. The van der Waals surface area contributed by atoms with Crippen LogP contribution >= 0.6 is 0 Å². The van der Waals surface area contributed by atoms with E-state index in [1.54, 1.807) is 0 Å². The van der Waals surface area contributed by atoms with Crippen LogP contribution in [0.15, 0.2) is 24.3 Å². The molecule has 0 aliphatic carbocycles. The van der Waals surface area contributed by atoms with Crippen molar-refractivity contribution in [1.29, 1.82) is 0 Å². The highest BCUT2D eigenvalue weighted by atomic mass is 16.5. The van der Waals surface area contributed by atoms with Crippen LogP contribution in [0.3, 0.4) is 0 Å². The van der Waals surface area contributed by atoms with Gasteiger partial charge in [0.2, 0.25) is 5.91 Å². The minimum Gasteiger partial charge on any atom is -0.491 e. The summed E-state index contributed by atoms with van der Waals surface area (Å²) in [7, 11) is 0. The van der Waals surface area contributed by atoms with Gasteiger partial charge in [0.25, 0.3) is 0 Å². The van der Waals surface area contributed by atoms with E-state index in [4.69, 9.17) is 4.74 Å². The number of fused-ring (bicyclic) bond motifs is 1. The lowest BCUT2D eigenvalue weighted by atomic mass is 10.0. The maximum atomic E-state index is 12.2. The molecule has 3 rings (SSSR count). The summed E-state index contributed by atoms with van der Waals surface area (Å²) in [5.74, 6) is 1.38. The predicted octanol–water partition coefficient (Wildman–Crippen LogP) is 1.23. The molecule has 0 spiro atoms. The van der Waals surface area contributed by atoms with E-state index in [1.807, 2.05) is 24.3 Å². The first-order chi connectivity index (χ1) is 8.75. The SMILES string of the molecule is CC1CCNC1C(=O)NC1COc2ccccc21. The highest BCUT2D eigenvalue weighted by molar-refractivity contribution is 5.83. The van der Waals surface area contributed by atoms with Gasteiger partial charge >= 0.3 is 0 Å². The van der Waals surface area contributed by atoms with Crippen LogP contribution in [0.2, 0.25) is 0 Å². The van der Waals surface area contributed by atoms with Crippen molar-refractivity contribution in [2.75, 3.05) is 13.2 Å². The van der Waals surface area contributed by atoms with Gasteiger partial charge in [0.15, 0.2) is 0 Å². The number of benzene rings is 1. The lowest BCUT2D eigenvalue weighted by Crippen LogP contribution is -2.44. The second-order valence-corrected chi connectivity index (χ2v) is 5.11. The van der Waals surface area contributed by atoms with Crippen LogP contribution in [-0.2, 0) is 4.79 Å². The molecule has 1 saturated heterocycles. The van der Waals surface area contributed by atoms with Crippen LogP contribution in [0.5, 0.6) is 5.75 Å². The van der Waals surface area contributed by atoms with Crippen molar-refractivity contribution in [2.24, 2.45) is 5.92 Å². The van der Waals surface area contributed by atoms with Crippen molar-refractivity contribution in [1.82, 2.24) is 10.6 Å². The first-order valence-electron chi connectivity index (χ1n) is 6.51. The van der Waals surface area contributed by atoms with Crippen molar-refractivity contribution >= 4 is 5.91 Å². The molecular formula is C14H18N2O2. The van der Waals surface area contributed by atoms with E-state index in [1.165, 1.54) is 0 Å². The van der Waals surface area contributed by atoms with E-state index in [0.717, 1.165) is 24.3 Å². The first kappa shape index (κ1) is 11.5. The minimum atomic E-state index is -0.0576. The van der Waals surface area contributed by atoms with Gasteiger partial charge in [-0.3, -0.25) is 4.79 Å². The third-order valence-corrected chi connectivity index (χ3v) is 3.83. The molecule has 1 fully saturated rings. The van der Waals surface area contributed by atoms with Gasteiger partial charge in [-0.05, 0) is 24.9 Å². The fourth-order valence-corrected chi connectivity index (χ4v) is 2.73. The van der Waals surface area contributed by atoms with Gasteiger partial charge in [-0.2, -0.15) is 0 Å².